The molecule has 0 rings (SSSR count). The van der Waals surface area contributed by atoms with Crippen molar-refractivity contribution in [3.63, 3.8) is 0 Å². The van der Waals surface area contributed by atoms with Gasteiger partial charge in [0.1, 0.15) is 0 Å². The molecule has 0 unspecified atom stereocenters. The summed E-state index contributed by atoms with van der Waals surface area (Å²) < 4.78 is 25.4. The molecular formula is InO3Sn2. The second kappa shape index (κ2) is 28.8. The molecule has 0 amide bonds. The molecule has 0 heterocycles. The number of hydrogen-bond acceptors (Lipinski definition) is 3. The van der Waals surface area contributed by atoms with Crippen LogP contribution in [-0.2, 0) is 9.23 Å². The van der Waals surface area contributed by atoms with Crippen LogP contribution in [0, 0.1) is 0 Å². The molecule has 0 spiro atoms. The molecule has 0 aromatic heterocycles. The SMILES string of the molecule is [In].[O]=[Sn].[O]=[Sn]=[O]. The van der Waals surface area contributed by atoms with Gasteiger partial charge in [-0.1, -0.05) is 0 Å². The molecule has 0 aliphatic heterocycles. The van der Waals surface area contributed by atoms with E-state index in [9.17, 15) is 0 Å². The fourth-order valence-electron chi connectivity index (χ4n) is 0. The van der Waals surface area contributed by atoms with E-state index in [1.165, 1.54) is 0 Å². The number of rotatable bonds is 0. The molecule has 29 valence electrons. The van der Waals surface area contributed by atoms with E-state index < -0.39 is 21.1 Å². The Balaban J connectivity index is -0.0000000275. The van der Waals surface area contributed by atoms with Gasteiger partial charge in [-0.15, -0.1) is 0 Å². The first kappa shape index (κ1) is 15.7. The van der Waals surface area contributed by atoms with E-state index in [4.69, 9.17) is 9.23 Å². The monoisotopic (exact) mass is 403 g/mol. The molecule has 0 bridgehead atoms. The average molecular weight is 400 g/mol. The predicted octanol–water partition coefficient (Wildman–Crippen LogP) is -1.50. The van der Waals surface area contributed by atoms with Crippen LogP contribution in [0.25, 0.3) is 0 Å². The zero-order valence-electron chi connectivity index (χ0n) is 2.80. The van der Waals surface area contributed by atoms with Crippen LogP contribution in [-0.4, -0.2) is 69.5 Å². The average Bonchev–Trinajstić information content (AvgIpc) is 1.46. The third-order valence-electron chi connectivity index (χ3n) is 0. The van der Waals surface area contributed by atoms with Gasteiger partial charge in [0.25, 0.3) is 0 Å². The molecule has 0 atom stereocenters. The van der Waals surface area contributed by atoms with Gasteiger partial charge in [0.15, 0.2) is 0 Å². The molecule has 0 fully saturated rings. The van der Waals surface area contributed by atoms with Gasteiger partial charge in [0.05, 0.1) is 0 Å². The van der Waals surface area contributed by atoms with Crippen molar-refractivity contribution in [2.45, 2.75) is 0 Å². The summed E-state index contributed by atoms with van der Waals surface area (Å²) in [5.74, 6) is 0. The van der Waals surface area contributed by atoms with Crippen LogP contribution in [0.1, 0.15) is 0 Å². The third-order valence-corrected chi connectivity index (χ3v) is 0. The Bertz CT molecular complexity index is 38.1. The number of hydrogen-bond donors (Lipinski definition) is 0. The van der Waals surface area contributed by atoms with Crippen molar-refractivity contribution in [3.8, 4) is 0 Å². The van der Waals surface area contributed by atoms with E-state index in [1.807, 2.05) is 0 Å². The minimum absolute atomic E-state index is 0. The van der Waals surface area contributed by atoms with Gasteiger partial charge in [-0.3, -0.25) is 0 Å². The second-order valence-corrected chi connectivity index (χ2v) is 0.559. The first-order valence-electron chi connectivity index (χ1n) is 0.612. The van der Waals surface area contributed by atoms with Crippen LogP contribution in [0.3, 0.4) is 0 Å². The summed E-state index contributed by atoms with van der Waals surface area (Å²) in [5.41, 5.74) is 0. The van der Waals surface area contributed by atoms with Crippen molar-refractivity contribution in [1.82, 2.24) is 0 Å². The van der Waals surface area contributed by atoms with Gasteiger partial charge < -0.3 is 0 Å². The summed E-state index contributed by atoms with van der Waals surface area (Å²) in [4.78, 5) is 0. The van der Waals surface area contributed by atoms with E-state index in [-0.39, 0.29) is 25.8 Å². The molecule has 0 aliphatic carbocycles. The van der Waals surface area contributed by atoms with Crippen LogP contribution in [0.15, 0.2) is 0 Å². The molecule has 0 saturated carbocycles. The standard InChI is InChI=1S/In.3O.2Sn. The van der Waals surface area contributed by atoms with Crippen molar-refractivity contribution in [2.24, 2.45) is 0 Å². The van der Waals surface area contributed by atoms with Gasteiger partial charge >= 0.3 is 52.9 Å². The molecule has 0 aliphatic rings. The van der Waals surface area contributed by atoms with Gasteiger partial charge in [0.2, 0.25) is 0 Å². The van der Waals surface area contributed by atoms with Crippen molar-refractivity contribution < 1.29 is 9.23 Å². The molecule has 6 heavy (non-hydrogen) atoms. The Labute approximate surface area is 77.5 Å². The molecule has 0 saturated heterocycles. The summed E-state index contributed by atoms with van der Waals surface area (Å²) in [7, 11) is 0. The first-order valence-corrected chi connectivity index (χ1v) is 4.11. The predicted molar refractivity (Wildman–Crippen MR) is 19.3 cm³/mol. The first-order chi connectivity index (χ1) is 2.41. The second-order valence-electron chi connectivity index (χ2n) is 0.0833. The Kier molecular flexibility index (Phi) is 75.1. The van der Waals surface area contributed by atoms with Crippen molar-refractivity contribution in [3.05, 3.63) is 0 Å². The Morgan fingerprint density at radius 2 is 1.17 bits per heavy atom. The van der Waals surface area contributed by atoms with E-state index in [2.05, 4.69) is 0 Å². The molecule has 0 aromatic carbocycles. The summed E-state index contributed by atoms with van der Waals surface area (Å²) in [5, 5.41) is 0. The normalized spacial score (nSPS) is 2.00. The van der Waals surface area contributed by atoms with Crippen LogP contribution < -0.4 is 0 Å². The van der Waals surface area contributed by atoms with Gasteiger partial charge in [-0.05, 0) is 0 Å². The van der Waals surface area contributed by atoms with Crippen molar-refractivity contribution in [2.75, 3.05) is 0 Å². The van der Waals surface area contributed by atoms with Crippen LogP contribution in [0.4, 0.5) is 0 Å². The van der Waals surface area contributed by atoms with Crippen LogP contribution in [0.5, 0.6) is 0 Å². The summed E-state index contributed by atoms with van der Waals surface area (Å²) in [6.45, 7) is 0. The van der Waals surface area contributed by atoms with Crippen molar-refractivity contribution in [1.29, 1.82) is 0 Å². The zero-order valence-corrected chi connectivity index (χ0v) is 11.8. The third kappa shape index (κ3) is 39.9. The Morgan fingerprint density at radius 1 is 1.17 bits per heavy atom. The fraction of sp³-hybridized carbons (Fsp3) is 0. The van der Waals surface area contributed by atoms with E-state index in [0.29, 0.717) is 22.5 Å². The maximum atomic E-state index is 8.54. The molecule has 0 N–H and O–H groups in total. The van der Waals surface area contributed by atoms with Crippen LogP contribution in [0.2, 0.25) is 0 Å². The molecule has 5 radical (unpaired) electrons. The fourth-order valence-corrected chi connectivity index (χ4v) is 0. The summed E-state index contributed by atoms with van der Waals surface area (Å²) >= 11 is -1.97. The molecule has 0 aromatic rings. The quantitative estimate of drug-likeness (QED) is 0.466. The van der Waals surface area contributed by atoms with Crippen LogP contribution >= 0.6 is 0 Å². The molecule has 3 nitrogen and oxygen atoms in total. The van der Waals surface area contributed by atoms with E-state index in [1.54, 1.807) is 0 Å². The van der Waals surface area contributed by atoms with E-state index in [0.717, 1.165) is 0 Å². The van der Waals surface area contributed by atoms with Gasteiger partial charge in [-0.2, -0.15) is 0 Å². The van der Waals surface area contributed by atoms with Crippen molar-refractivity contribution >= 4 is 69.5 Å². The minimum atomic E-state index is -2.27. The topological polar surface area (TPSA) is 51.2 Å². The summed E-state index contributed by atoms with van der Waals surface area (Å²) in [6, 6.07) is 0. The maximum absolute atomic E-state index is 8.54. The zero-order chi connectivity index (χ0) is 4.71. The summed E-state index contributed by atoms with van der Waals surface area (Å²) in [6.07, 6.45) is 0. The van der Waals surface area contributed by atoms with E-state index >= 15 is 0 Å². The Hall–Kier alpha value is 1.87. The van der Waals surface area contributed by atoms with Gasteiger partial charge in [-0.25, -0.2) is 0 Å². The molecular weight excluding hydrogens is 400 g/mol. The Morgan fingerprint density at radius 3 is 1.17 bits per heavy atom. The van der Waals surface area contributed by atoms with Gasteiger partial charge in [0, 0.05) is 25.8 Å². The molecule has 6 heteroatoms.